The molecule has 1 aliphatic heterocycles. The molecule has 4 aromatic carbocycles. The van der Waals surface area contributed by atoms with Gasteiger partial charge >= 0.3 is 169 Å². The first-order chi connectivity index (χ1) is 19.8. The molecule has 4 heteroatoms. The van der Waals surface area contributed by atoms with Gasteiger partial charge in [0, 0.05) is 5.41 Å². The predicted octanol–water partition coefficient (Wildman–Crippen LogP) is 8.59. The molecule has 1 aliphatic carbocycles. The van der Waals surface area contributed by atoms with E-state index in [1.807, 2.05) is 18.2 Å². The zero-order chi connectivity index (χ0) is 28.5. The molecule has 0 bridgehead atoms. The summed E-state index contributed by atoms with van der Waals surface area (Å²) in [5, 5.41) is 1.07. The number of nitrogens with zero attached hydrogens (tertiary/aromatic N) is 1. The van der Waals surface area contributed by atoms with Gasteiger partial charge in [-0.05, 0) is 23.3 Å². The first-order valence-electron chi connectivity index (χ1n) is 14.3. The van der Waals surface area contributed by atoms with Crippen LogP contribution in [0.15, 0.2) is 89.4 Å². The minimum atomic E-state index is -0.161. The van der Waals surface area contributed by atoms with Gasteiger partial charge < -0.3 is 0 Å². The van der Waals surface area contributed by atoms with Crippen LogP contribution in [0, 0.1) is 0 Å². The average molecular weight is 601 g/mol. The monoisotopic (exact) mass is 601 g/mol. The van der Waals surface area contributed by atoms with Gasteiger partial charge in [-0.2, -0.15) is 0 Å². The molecule has 2 heterocycles. The maximum atomic E-state index is 13.5. The Bertz CT molecular complexity index is 1840. The van der Waals surface area contributed by atoms with E-state index in [1.165, 1.54) is 32.3 Å². The van der Waals surface area contributed by atoms with Gasteiger partial charge in [0.05, 0.1) is 0 Å². The molecule has 202 valence electrons. The van der Waals surface area contributed by atoms with Gasteiger partial charge in [0.2, 0.25) is 0 Å². The minimum absolute atomic E-state index is 0.122. The third-order valence-electron chi connectivity index (χ3n) is 8.85. The molecule has 0 amide bonds. The Morgan fingerprint density at radius 1 is 0.732 bits per heavy atom. The Hall–Kier alpha value is -3.98. The number of hydrogen-bond acceptors (Lipinski definition) is 3. The molecule has 0 spiro atoms. The summed E-state index contributed by atoms with van der Waals surface area (Å²) in [5.41, 5.74) is 10.6. The number of fused-ring (bicyclic) bond motifs is 4. The van der Waals surface area contributed by atoms with Crippen molar-refractivity contribution in [3.8, 4) is 0 Å². The van der Waals surface area contributed by atoms with Crippen LogP contribution in [-0.2, 0) is 18.3 Å². The molecular formula is C37H31NO2Se. The molecule has 0 atom stereocenters. The van der Waals surface area contributed by atoms with Crippen LogP contribution in [0.25, 0.3) is 15.7 Å². The van der Waals surface area contributed by atoms with Crippen molar-refractivity contribution in [2.24, 2.45) is 0 Å². The summed E-state index contributed by atoms with van der Waals surface area (Å²) in [6.07, 6.45) is 3.46. The predicted molar refractivity (Wildman–Crippen MR) is 170 cm³/mol. The van der Waals surface area contributed by atoms with E-state index in [9.17, 15) is 9.59 Å². The summed E-state index contributed by atoms with van der Waals surface area (Å²) >= 11 is 0.225. The van der Waals surface area contributed by atoms with Crippen LogP contribution in [0.2, 0.25) is 0 Å². The molecular weight excluding hydrogens is 569 g/mol. The van der Waals surface area contributed by atoms with Crippen molar-refractivity contribution in [1.29, 1.82) is 0 Å². The molecule has 5 aromatic rings. The molecule has 0 N–H and O–H groups in total. The fraction of sp³-hybridized carbons (Fsp3) is 0.189. The van der Waals surface area contributed by atoms with Crippen molar-refractivity contribution in [3.05, 3.63) is 128 Å². The van der Waals surface area contributed by atoms with Crippen LogP contribution in [0.1, 0.15) is 76.2 Å². The third-order valence-corrected chi connectivity index (χ3v) is 10.7. The number of allylic oxidation sites excluding steroid dienone is 1. The van der Waals surface area contributed by atoms with E-state index in [2.05, 4.69) is 104 Å². The molecule has 0 unspecified atom stereocenters. The number of Topliss-reactive ketones (excluding diaryl/α,β-unsaturated/α-hetero) is 2. The summed E-state index contributed by atoms with van der Waals surface area (Å²) in [6.45, 7) is 8.91. The van der Waals surface area contributed by atoms with Crippen molar-refractivity contribution in [2.45, 2.75) is 46.0 Å². The van der Waals surface area contributed by atoms with Gasteiger partial charge in [-0.3, -0.25) is 0 Å². The molecule has 41 heavy (non-hydrogen) atoms. The van der Waals surface area contributed by atoms with E-state index in [-0.39, 0.29) is 37.1 Å². The Morgan fingerprint density at radius 3 is 1.98 bits per heavy atom. The Kier molecular flexibility index (Phi) is 6.04. The summed E-state index contributed by atoms with van der Waals surface area (Å²) < 4.78 is 1.18. The average Bonchev–Trinajstić information content (AvgIpc) is 3.54. The first kappa shape index (κ1) is 26.0. The summed E-state index contributed by atoms with van der Waals surface area (Å²) in [7, 11) is 0. The van der Waals surface area contributed by atoms with Crippen LogP contribution in [0.4, 0.5) is 17.1 Å². The van der Waals surface area contributed by atoms with Crippen LogP contribution < -0.4 is 4.90 Å². The van der Waals surface area contributed by atoms with Gasteiger partial charge in [-0.15, -0.1) is 0 Å². The van der Waals surface area contributed by atoms with Gasteiger partial charge in [0.15, 0.2) is 0 Å². The van der Waals surface area contributed by atoms with E-state index in [4.69, 9.17) is 0 Å². The first-order valence-corrected chi connectivity index (χ1v) is 16.1. The van der Waals surface area contributed by atoms with Crippen molar-refractivity contribution in [2.75, 3.05) is 4.90 Å². The molecule has 0 saturated heterocycles. The van der Waals surface area contributed by atoms with E-state index in [1.54, 1.807) is 0 Å². The normalized spacial score (nSPS) is 16.3. The summed E-state index contributed by atoms with van der Waals surface area (Å²) in [5.74, 6) is -0.313. The molecule has 3 nitrogen and oxygen atoms in total. The number of para-hydroxylation sites is 2. The zero-order valence-corrected chi connectivity index (χ0v) is 25.5. The van der Waals surface area contributed by atoms with Gasteiger partial charge in [-0.1, -0.05) is 50.2 Å². The van der Waals surface area contributed by atoms with Crippen LogP contribution in [0.3, 0.4) is 0 Å². The number of hydrogen-bond donors (Lipinski definition) is 0. The second-order valence-corrected chi connectivity index (χ2v) is 13.4. The van der Waals surface area contributed by atoms with Crippen LogP contribution in [0.5, 0.6) is 0 Å². The fourth-order valence-electron chi connectivity index (χ4n) is 6.62. The second kappa shape index (κ2) is 9.55. The number of ketones is 2. The Labute approximate surface area is 246 Å². The van der Waals surface area contributed by atoms with Gasteiger partial charge in [-0.25, -0.2) is 0 Å². The molecule has 0 fully saturated rings. The number of benzene rings is 4. The van der Waals surface area contributed by atoms with E-state index >= 15 is 0 Å². The molecule has 0 saturated carbocycles. The van der Waals surface area contributed by atoms with Crippen molar-refractivity contribution < 1.29 is 9.59 Å². The van der Waals surface area contributed by atoms with Crippen molar-refractivity contribution in [3.63, 3.8) is 0 Å². The van der Waals surface area contributed by atoms with Gasteiger partial charge in [0.1, 0.15) is 0 Å². The molecule has 1 aromatic heterocycles. The Balaban J connectivity index is 1.39. The fourth-order valence-corrected chi connectivity index (χ4v) is 8.32. The maximum absolute atomic E-state index is 13.5. The number of aryl methyl sites for hydroxylation is 2. The van der Waals surface area contributed by atoms with Crippen LogP contribution >= 0.6 is 0 Å². The Morgan fingerprint density at radius 2 is 1.34 bits per heavy atom. The summed E-state index contributed by atoms with van der Waals surface area (Å²) in [4.78, 5) is 31.5. The van der Waals surface area contributed by atoms with E-state index in [0.717, 1.165) is 35.0 Å². The zero-order valence-electron chi connectivity index (χ0n) is 23.7. The molecule has 0 radical (unpaired) electrons. The SMILES string of the molecule is CCc1cc(N2c3ccccc3C(C)(C)c3ccccc32)c(CC)cc1/C=C1/C(=O)c2cc3cc[se]c3cc2C1=O. The number of carbonyl (C=O) groups is 2. The van der Waals surface area contributed by atoms with E-state index < -0.39 is 0 Å². The number of anilines is 3. The standard InChI is InChI=1S/C37H31NO2Se/c1-5-22-20-33(38-31-13-9-7-11-29(31)37(3,4)30-12-8-10-14-32(30)38)23(6-2)17-25(22)19-28-35(39)26-18-24-15-16-41-34(24)21-27(26)36(28)40/h7-21H,5-6H2,1-4H3/b28-19-. The van der Waals surface area contributed by atoms with E-state index in [0.29, 0.717) is 11.1 Å². The second-order valence-electron chi connectivity index (χ2n) is 11.5. The van der Waals surface area contributed by atoms with Crippen LogP contribution in [-0.4, -0.2) is 26.1 Å². The summed E-state index contributed by atoms with van der Waals surface area (Å²) in [6, 6.07) is 27.8. The third kappa shape index (κ3) is 3.85. The van der Waals surface area contributed by atoms with Gasteiger partial charge in [0.25, 0.3) is 0 Å². The molecule has 7 rings (SSSR count). The number of carbonyl (C=O) groups excluding carboxylic acids is 2. The van der Waals surface area contributed by atoms with Crippen molar-refractivity contribution >= 4 is 58.9 Å². The topological polar surface area (TPSA) is 37.4 Å². The quantitative estimate of drug-likeness (QED) is 0.118. The molecule has 2 aliphatic rings. The number of rotatable bonds is 4. The van der Waals surface area contributed by atoms with Crippen molar-refractivity contribution in [1.82, 2.24) is 0 Å².